The molecule has 19 heavy (non-hydrogen) atoms. The Morgan fingerprint density at radius 1 is 1.32 bits per heavy atom. The SMILES string of the molecule is COc1ccccc1-n1nnc(CN)c1CC(C)C. The topological polar surface area (TPSA) is 66.0 Å². The van der Waals surface area contributed by atoms with Gasteiger partial charge < -0.3 is 10.5 Å². The summed E-state index contributed by atoms with van der Waals surface area (Å²) < 4.78 is 7.22. The molecule has 0 aliphatic heterocycles. The molecule has 1 heterocycles. The summed E-state index contributed by atoms with van der Waals surface area (Å²) in [5.41, 5.74) is 8.54. The number of hydrogen-bond acceptors (Lipinski definition) is 4. The normalized spacial score (nSPS) is 11.0. The number of rotatable bonds is 5. The van der Waals surface area contributed by atoms with Crippen LogP contribution in [-0.2, 0) is 13.0 Å². The summed E-state index contributed by atoms with van der Waals surface area (Å²) in [6.07, 6.45) is 0.886. The van der Waals surface area contributed by atoms with Crippen molar-refractivity contribution in [3.8, 4) is 11.4 Å². The van der Waals surface area contributed by atoms with Crippen LogP contribution in [0.3, 0.4) is 0 Å². The number of aromatic nitrogens is 3. The maximum absolute atomic E-state index is 5.74. The fraction of sp³-hybridized carbons (Fsp3) is 0.429. The molecule has 2 N–H and O–H groups in total. The summed E-state index contributed by atoms with van der Waals surface area (Å²) in [6.45, 7) is 4.73. The first-order valence-electron chi connectivity index (χ1n) is 6.44. The Kier molecular flexibility index (Phi) is 4.16. The van der Waals surface area contributed by atoms with Crippen molar-refractivity contribution in [3.05, 3.63) is 35.7 Å². The third kappa shape index (κ3) is 2.76. The molecule has 2 rings (SSSR count). The summed E-state index contributed by atoms with van der Waals surface area (Å²) >= 11 is 0. The van der Waals surface area contributed by atoms with Gasteiger partial charge in [0, 0.05) is 6.54 Å². The molecule has 5 nitrogen and oxygen atoms in total. The molecular weight excluding hydrogens is 240 g/mol. The van der Waals surface area contributed by atoms with Gasteiger partial charge >= 0.3 is 0 Å². The van der Waals surface area contributed by atoms with E-state index in [1.807, 2.05) is 28.9 Å². The van der Waals surface area contributed by atoms with Gasteiger partial charge in [-0.15, -0.1) is 5.10 Å². The molecule has 0 saturated heterocycles. The van der Waals surface area contributed by atoms with Crippen molar-refractivity contribution in [2.75, 3.05) is 7.11 Å². The lowest BCUT2D eigenvalue weighted by Gasteiger charge is -2.12. The van der Waals surface area contributed by atoms with E-state index in [1.54, 1.807) is 7.11 Å². The minimum Gasteiger partial charge on any atom is -0.494 e. The maximum atomic E-state index is 5.74. The van der Waals surface area contributed by atoms with Crippen LogP contribution in [0.2, 0.25) is 0 Å². The van der Waals surface area contributed by atoms with Crippen molar-refractivity contribution in [1.82, 2.24) is 15.0 Å². The standard InChI is InChI=1S/C14H20N4O/c1-10(2)8-13-11(9-15)16-17-18(13)12-6-4-5-7-14(12)19-3/h4-7,10H,8-9,15H2,1-3H3. The number of ether oxygens (including phenoxy) is 1. The Hall–Kier alpha value is -1.88. The van der Waals surface area contributed by atoms with Gasteiger partial charge in [-0.3, -0.25) is 0 Å². The van der Waals surface area contributed by atoms with Gasteiger partial charge in [-0.2, -0.15) is 0 Å². The minimum absolute atomic E-state index is 0.400. The Morgan fingerprint density at radius 2 is 2.05 bits per heavy atom. The Balaban J connectivity index is 2.52. The first kappa shape index (κ1) is 13.5. The van der Waals surface area contributed by atoms with Gasteiger partial charge in [-0.25, -0.2) is 4.68 Å². The molecule has 0 aliphatic rings. The lowest BCUT2D eigenvalue weighted by Crippen LogP contribution is -2.10. The number of nitrogens with zero attached hydrogens (tertiary/aromatic N) is 3. The smallest absolute Gasteiger partial charge is 0.144 e. The van der Waals surface area contributed by atoms with E-state index in [-0.39, 0.29) is 0 Å². The number of hydrogen-bond donors (Lipinski definition) is 1. The van der Waals surface area contributed by atoms with E-state index in [0.29, 0.717) is 12.5 Å². The van der Waals surface area contributed by atoms with Crippen molar-refractivity contribution < 1.29 is 4.74 Å². The van der Waals surface area contributed by atoms with E-state index < -0.39 is 0 Å². The van der Waals surface area contributed by atoms with Crippen molar-refractivity contribution in [2.24, 2.45) is 11.7 Å². The third-order valence-corrected chi connectivity index (χ3v) is 2.95. The first-order valence-corrected chi connectivity index (χ1v) is 6.44. The van der Waals surface area contributed by atoms with Crippen LogP contribution in [0.25, 0.3) is 5.69 Å². The summed E-state index contributed by atoms with van der Waals surface area (Å²) in [5, 5.41) is 8.40. The lowest BCUT2D eigenvalue weighted by molar-refractivity contribution is 0.410. The molecule has 0 atom stereocenters. The second-order valence-corrected chi connectivity index (χ2v) is 4.87. The molecule has 1 aromatic heterocycles. The van der Waals surface area contributed by atoms with Gasteiger partial charge in [0.15, 0.2) is 0 Å². The molecule has 1 aromatic carbocycles. The first-order chi connectivity index (χ1) is 9.17. The van der Waals surface area contributed by atoms with E-state index in [2.05, 4.69) is 24.2 Å². The number of nitrogens with two attached hydrogens (primary N) is 1. The molecule has 0 aliphatic carbocycles. The highest BCUT2D eigenvalue weighted by atomic mass is 16.5. The zero-order valence-corrected chi connectivity index (χ0v) is 11.6. The van der Waals surface area contributed by atoms with Crippen LogP contribution >= 0.6 is 0 Å². The highest BCUT2D eigenvalue weighted by Gasteiger charge is 2.16. The number of benzene rings is 1. The van der Waals surface area contributed by atoms with Gasteiger partial charge in [0.25, 0.3) is 0 Å². The van der Waals surface area contributed by atoms with E-state index in [4.69, 9.17) is 10.5 Å². The molecule has 2 aromatic rings. The molecule has 0 radical (unpaired) electrons. The molecule has 0 bridgehead atoms. The summed E-state index contributed by atoms with van der Waals surface area (Å²) in [4.78, 5) is 0. The Labute approximate surface area is 113 Å². The van der Waals surface area contributed by atoms with Crippen LogP contribution in [-0.4, -0.2) is 22.1 Å². The highest BCUT2D eigenvalue weighted by Crippen LogP contribution is 2.24. The average molecular weight is 260 g/mol. The van der Waals surface area contributed by atoms with E-state index in [1.165, 1.54) is 0 Å². The average Bonchev–Trinajstić information content (AvgIpc) is 2.80. The lowest BCUT2D eigenvalue weighted by atomic mass is 10.1. The third-order valence-electron chi connectivity index (χ3n) is 2.95. The van der Waals surface area contributed by atoms with Gasteiger partial charge in [-0.05, 0) is 24.5 Å². The highest BCUT2D eigenvalue weighted by molar-refractivity contribution is 5.47. The van der Waals surface area contributed by atoms with Gasteiger partial charge in [0.2, 0.25) is 0 Å². The van der Waals surface area contributed by atoms with Crippen LogP contribution in [0.15, 0.2) is 24.3 Å². The van der Waals surface area contributed by atoms with Crippen molar-refractivity contribution in [1.29, 1.82) is 0 Å². The maximum Gasteiger partial charge on any atom is 0.144 e. The Morgan fingerprint density at radius 3 is 2.68 bits per heavy atom. The molecule has 0 fully saturated rings. The second-order valence-electron chi connectivity index (χ2n) is 4.87. The number of para-hydroxylation sites is 2. The van der Waals surface area contributed by atoms with Crippen molar-refractivity contribution >= 4 is 0 Å². The monoisotopic (exact) mass is 260 g/mol. The molecule has 102 valence electrons. The van der Waals surface area contributed by atoms with E-state index in [0.717, 1.165) is 29.2 Å². The van der Waals surface area contributed by atoms with Gasteiger partial charge in [0.1, 0.15) is 11.4 Å². The quantitative estimate of drug-likeness (QED) is 0.892. The zero-order chi connectivity index (χ0) is 13.8. The van der Waals surface area contributed by atoms with Crippen LogP contribution in [0.1, 0.15) is 25.2 Å². The van der Waals surface area contributed by atoms with E-state index in [9.17, 15) is 0 Å². The summed E-state index contributed by atoms with van der Waals surface area (Å²) in [6, 6.07) is 7.78. The number of methoxy groups -OCH3 is 1. The fourth-order valence-corrected chi connectivity index (χ4v) is 2.08. The molecule has 0 unspecified atom stereocenters. The zero-order valence-electron chi connectivity index (χ0n) is 11.6. The molecule has 0 saturated carbocycles. The second kappa shape index (κ2) is 5.84. The molecule has 0 spiro atoms. The minimum atomic E-state index is 0.400. The van der Waals surface area contributed by atoms with Crippen LogP contribution < -0.4 is 10.5 Å². The van der Waals surface area contributed by atoms with Crippen molar-refractivity contribution in [2.45, 2.75) is 26.8 Å². The van der Waals surface area contributed by atoms with Gasteiger partial charge in [-0.1, -0.05) is 31.2 Å². The predicted molar refractivity (Wildman–Crippen MR) is 74.3 cm³/mol. The predicted octanol–water partition coefficient (Wildman–Crippen LogP) is 1.93. The van der Waals surface area contributed by atoms with Crippen molar-refractivity contribution in [3.63, 3.8) is 0 Å². The molecular formula is C14H20N4O. The van der Waals surface area contributed by atoms with Crippen LogP contribution in [0.5, 0.6) is 5.75 Å². The van der Waals surface area contributed by atoms with Crippen LogP contribution in [0.4, 0.5) is 0 Å². The fourth-order valence-electron chi connectivity index (χ4n) is 2.08. The molecule has 5 heteroatoms. The van der Waals surface area contributed by atoms with Gasteiger partial charge in [0.05, 0.1) is 18.5 Å². The molecule has 0 amide bonds. The summed E-state index contributed by atoms with van der Waals surface area (Å²) in [7, 11) is 1.65. The largest absolute Gasteiger partial charge is 0.494 e. The summed E-state index contributed by atoms with van der Waals surface area (Å²) in [5.74, 6) is 1.29. The van der Waals surface area contributed by atoms with Crippen LogP contribution in [0, 0.1) is 5.92 Å². The van der Waals surface area contributed by atoms with E-state index >= 15 is 0 Å². The Bertz CT molecular complexity index is 548.